The van der Waals surface area contributed by atoms with E-state index in [-0.39, 0.29) is 5.91 Å². The van der Waals surface area contributed by atoms with E-state index >= 15 is 0 Å². The third-order valence-corrected chi connectivity index (χ3v) is 5.93. The summed E-state index contributed by atoms with van der Waals surface area (Å²) in [6, 6.07) is 14.7. The van der Waals surface area contributed by atoms with Crippen LogP contribution >= 0.6 is 11.8 Å². The van der Waals surface area contributed by atoms with E-state index in [2.05, 4.69) is 12.2 Å². The molecule has 1 aliphatic rings. The molecule has 0 bridgehead atoms. The number of nitrogens with one attached hydrogen (secondary N) is 1. The minimum absolute atomic E-state index is 0.350. The van der Waals surface area contributed by atoms with Gasteiger partial charge in [-0.2, -0.15) is 0 Å². The van der Waals surface area contributed by atoms with Crippen LogP contribution in [0.5, 0.6) is 0 Å². The van der Waals surface area contributed by atoms with Gasteiger partial charge < -0.3 is 20.1 Å². The number of aliphatic hydroxyl groups is 1. The van der Waals surface area contributed by atoms with Crippen molar-refractivity contribution in [2.45, 2.75) is 29.5 Å². The Labute approximate surface area is 179 Å². The van der Waals surface area contributed by atoms with Gasteiger partial charge in [-0.25, -0.2) is 4.79 Å². The second-order valence-electron chi connectivity index (χ2n) is 6.91. The monoisotopic (exact) mass is 428 g/mol. The molecular weight excluding hydrogens is 404 g/mol. The van der Waals surface area contributed by atoms with Crippen LogP contribution in [-0.2, 0) is 14.3 Å². The number of amides is 2. The number of nitrogens with zero attached hydrogens (tertiary/aromatic N) is 1. The normalized spacial score (nSPS) is 16.7. The van der Waals surface area contributed by atoms with E-state index in [1.807, 2.05) is 24.3 Å². The summed E-state index contributed by atoms with van der Waals surface area (Å²) in [5.74, 6) is -1.72. The number of rotatable bonds is 6. The van der Waals surface area contributed by atoms with Crippen LogP contribution in [0.2, 0.25) is 0 Å². The Bertz CT molecular complexity index is 905. The number of para-hydroxylation sites is 1. The fourth-order valence-electron chi connectivity index (χ4n) is 3.07. The summed E-state index contributed by atoms with van der Waals surface area (Å²) in [4.78, 5) is 39.9. The first-order valence-electron chi connectivity index (χ1n) is 9.69. The lowest BCUT2D eigenvalue weighted by Crippen LogP contribution is -2.45. The summed E-state index contributed by atoms with van der Waals surface area (Å²) in [5.41, 5.74) is 1.15. The molecule has 0 radical (unpaired) electrons. The maximum absolute atomic E-state index is 12.8. The number of hydrogen-bond acceptors (Lipinski definition) is 6. The van der Waals surface area contributed by atoms with Gasteiger partial charge in [0.05, 0.1) is 12.3 Å². The molecule has 2 N–H and O–H groups in total. The fourth-order valence-corrected chi connectivity index (χ4v) is 4.18. The van der Waals surface area contributed by atoms with Crippen molar-refractivity contribution in [3.8, 4) is 0 Å². The maximum atomic E-state index is 12.8. The van der Waals surface area contributed by atoms with Gasteiger partial charge in [0.15, 0.2) is 12.6 Å². The number of thioether (sulfide) groups is 1. The van der Waals surface area contributed by atoms with Gasteiger partial charge in [0, 0.05) is 22.3 Å². The number of aliphatic hydroxyl groups excluding tert-OH is 1. The largest absolute Gasteiger partial charge is 0.454 e. The first-order valence-corrected chi connectivity index (χ1v) is 10.6. The predicted molar refractivity (Wildman–Crippen MR) is 114 cm³/mol. The van der Waals surface area contributed by atoms with E-state index in [9.17, 15) is 19.5 Å². The zero-order valence-corrected chi connectivity index (χ0v) is 17.4. The van der Waals surface area contributed by atoms with Crippen LogP contribution in [0.3, 0.4) is 0 Å². The molecule has 1 aliphatic heterocycles. The van der Waals surface area contributed by atoms with Gasteiger partial charge in [-0.15, -0.1) is 11.8 Å². The number of hydrogen-bond donors (Lipinski definition) is 2. The lowest BCUT2D eigenvalue weighted by atomic mass is 10.2. The summed E-state index contributed by atoms with van der Waals surface area (Å²) in [6.07, 6.45) is 0.811. The Kier molecular flexibility index (Phi) is 7.48. The SMILES string of the molecule is CC1CCN(C(=O)COC(=O)C(CO)NC(=O)c2ccccc2)c2ccccc2S1. The fraction of sp³-hybridized carbons (Fsp3) is 0.318. The first kappa shape index (κ1) is 21.9. The second-order valence-corrected chi connectivity index (χ2v) is 8.39. The summed E-state index contributed by atoms with van der Waals surface area (Å²) in [7, 11) is 0. The zero-order valence-electron chi connectivity index (χ0n) is 16.6. The number of esters is 1. The molecule has 0 aromatic heterocycles. The van der Waals surface area contributed by atoms with Crippen molar-refractivity contribution in [3.05, 3.63) is 60.2 Å². The van der Waals surface area contributed by atoms with Crippen LogP contribution in [0.15, 0.2) is 59.5 Å². The van der Waals surface area contributed by atoms with Crippen molar-refractivity contribution in [2.24, 2.45) is 0 Å². The van der Waals surface area contributed by atoms with E-state index in [1.165, 1.54) is 0 Å². The van der Waals surface area contributed by atoms with Gasteiger partial charge in [0.25, 0.3) is 11.8 Å². The zero-order chi connectivity index (χ0) is 21.5. The molecule has 8 heteroatoms. The van der Waals surface area contributed by atoms with Crippen molar-refractivity contribution in [3.63, 3.8) is 0 Å². The highest BCUT2D eigenvalue weighted by molar-refractivity contribution is 8.00. The van der Waals surface area contributed by atoms with E-state index < -0.39 is 31.1 Å². The third-order valence-electron chi connectivity index (χ3n) is 4.69. The van der Waals surface area contributed by atoms with E-state index in [1.54, 1.807) is 47.0 Å². The Balaban J connectivity index is 1.60. The second kappa shape index (κ2) is 10.3. The molecule has 0 fully saturated rings. The average molecular weight is 429 g/mol. The van der Waals surface area contributed by atoms with Gasteiger partial charge in [0.1, 0.15) is 0 Å². The minimum atomic E-state index is -1.25. The van der Waals surface area contributed by atoms with Crippen molar-refractivity contribution in [2.75, 3.05) is 24.7 Å². The number of fused-ring (bicyclic) bond motifs is 1. The molecular formula is C22H24N2O5S. The van der Waals surface area contributed by atoms with Gasteiger partial charge in [-0.3, -0.25) is 9.59 Å². The average Bonchev–Trinajstić information content (AvgIpc) is 2.94. The molecule has 0 saturated heterocycles. The molecule has 0 aliphatic carbocycles. The summed E-state index contributed by atoms with van der Waals surface area (Å²) >= 11 is 1.71. The molecule has 2 atom stereocenters. The number of anilines is 1. The van der Waals surface area contributed by atoms with E-state index in [4.69, 9.17) is 4.74 Å². The van der Waals surface area contributed by atoms with Crippen molar-refractivity contribution >= 4 is 35.2 Å². The molecule has 3 rings (SSSR count). The van der Waals surface area contributed by atoms with Crippen LogP contribution in [0, 0.1) is 0 Å². The Hall–Kier alpha value is -2.84. The molecule has 0 saturated carbocycles. The van der Waals surface area contributed by atoms with Crippen molar-refractivity contribution in [1.82, 2.24) is 5.32 Å². The van der Waals surface area contributed by atoms with Crippen LogP contribution < -0.4 is 10.2 Å². The topological polar surface area (TPSA) is 95.9 Å². The first-order chi connectivity index (χ1) is 14.5. The van der Waals surface area contributed by atoms with Gasteiger partial charge in [0.2, 0.25) is 0 Å². The molecule has 2 unspecified atom stereocenters. The summed E-state index contributed by atoms with van der Waals surface area (Å²) in [6.45, 7) is 1.53. The van der Waals surface area contributed by atoms with E-state index in [0.29, 0.717) is 17.4 Å². The predicted octanol–water partition coefficient (Wildman–Crippen LogP) is 2.24. The van der Waals surface area contributed by atoms with Crippen molar-refractivity contribution < 1.29 is 24.2 Å². The van der Waals surface area contributed by atoms with Crippen molar-refractivity contribution in [1.29, 1.82) is 0 Å². The molecule has 0 spiro atoms. The number of ether oxygens (including phenoxy) is 1. The molecule has 2 aromatic carbocycles. The highest BCUT2D eigenvalue weighted by Crippen LogP contribution is 2.37. The highest BCUT2D eigenvalue weighted by atomic mass is 32.2. The Morgan fingerprint density at radius 2 is 1.87 bits per heavy atom. The third kappa shape index (κ3) is 5.40. The lowest BCUT2D eigenvalue weighted by Gasteiger charge is -2.23. The smallest absolute Gasteiger partial charge is 0.331 e. The molecule has 30 heavy (non-hydrogen) atoms. The van der Waals surface area contributed by atoms with Crippen LogP contribution in [-0.4, -0.2) is 53.9 Å². The minimum Gasteiger partial charge on any atom is -0.454 e. The van der Waals surface area contributed by atoms with Gasteiger partial charge in [-0.1, -0.05) is 37.3 Å². The highest BCUT2D eigenvalue weighted by Gasteiger charge is 2.27. The number of carbonyl (C=O) groups is 3. The Morgan fingerprint density at radius 1 is 1.17 bits per heavy atom. The molecule has 1 heterocycles. The number of carbonyl (C=O) groups excluding carboxylic acids is 3. The van der Waals surface area contributed by atoms with Crippen LogP contribution in [0.1, 0.15) is 23.7 Å². The lowest BCUT2D eigenvalue weighted by molar-refractivity contribution is -0.150. The van der Waals surface area contributed by atoms with Crippen LogP contribution in [0.25, 0.3) is 0 Å². The van der Waals surface area contributed by atoms with E-state index in [0.717, 1.165) is 17.0 Å². The molecule has 7 nitrogen and oxygen atoms in total. The maximum Gasteiger partial charge on any atom is 0.331 e. The standard InChI is InChI=1S/C22H24N2O5S/c1-15-11-12-24(18-9-5-6-10-19(18)30-15)20(26)14-29-22(28)17(13-25)23-21(27)16-7-3-2-4-8-16/h2-10,15,17,25H,11-14H2,1H3,(H,23,27). The van der Waals surface area contributed by atoms with Gasteiger partial charge >= 0.3 is 5.97 Å². The molecule has 158 valence electrons. The summed E-state index contributed by atoms with van der Waals surface area (Å²) in [5, 5.41) is 12.3. The van der Waals surface area contributed by atoms with Crippen LogP contribution in [0.4, 0.5) is 5.69 Å². The molecule has 2 aromatic rings. The molecule has 2 amide bonds. The Morgan fingerprint density at radius 3 is 2.60 bits per heavy atom. The number of benzene rings is 2. The van der Waals surface area contributed by atoms with Gasteiger partial charge in [-0.05, 0) is 30.7 Å². The quantitative estimate of drug-likeness (QED) is 0.685. The summed E-state index contributed by atoms with van der Waals surface area (Å²) < 4.78 is 5.12.